The maximum Gasteiger partial charge on any atom is 0.302 e. The van der Waals surface area contributed by atoms with Crippen LogP contribution in [0.2, 0.25) is 0 Å². The Balaban J connectivity index is 2.06. The summed E-state index contributed by atoms with van der Waals surface area (Å²) in [7, 11) is 0. The number of phenolic OH excluding ortho intramolecular Hbond substituents is 1. The van der Waals surface area contributed by atoms with Crippen molar-refractivity contribution in [1.82, 2.24) is 14.9 Å². The van der Waals surface area contributed by atoms with Gasteiger partial charge in [-0.1, -0.05) is 18.2 Å². The summed E-state index contributed by atoms with van der Waals surface area (Å²) < 4.78 is 1.17. The maximum absolute atomic E-state index is 12.4. The summed E-state index contributed by atoms with van der Waals surface area (Å²) in [6, 6.07) is 10.2. The minimum Gasteiger partial charge on any atom is -0.508 e. The lowest BCUT2D eigenvalue weighted by atomic mass is 10.2. The van der Waals surface area contributed by atoms with Crippen molar-refractivity contribution in [2.75, 3.05) is 0 Å². The van der Waals surface area contributed by atoms with Crippen molar-refractivity contribution in [2.45, 2.75) is 0 Å². The molecule has 110 valence electrons. The van der Waals surface area contributed by atoms with Gasteiger partial charge in [0, 0.05) is 0 Å². The maximum atomic E-state index is 12.4. The molecule has 0 saturated carbocycles. The Labute approximate surface area is 134 Å². The summed E-state index contributed by atoms with van der Waals surface area (Å²) >= 11 is 6.46. The molecule has 0 atom stereocenters. The topological polar surface area (TPSA) is 83.3 Å². The van der Waals surface area contributed by atoms with Crippen molar-refractivity contribution in [3.05, 3.63) is 62.5 Å². The van der Waals surface area contributed by atoms with E-state index >= 15 is 0 Å². The second kappa shape index (κ2) is 6.04. The van der Waals surface area contributed by atoms with Crippen LogP contribution in [0, 0.1) is 4.77 Å². The fraction of sp³-hybridized carbons (Fsp3) is 0. The van der Waals surface area contributed by atoms with E-state index in [1.807, 2.05) is 11.4 Å². The quantitative estimate of drug-likeness (QED) is 0.571. The number of H-pyrrole nitrogens is 1. The molecule has 0 bridgehead atoms. The van der Waals surface area contributed by atoms with Gasteiger partial charge in [-0.3, -0.25) is 9.89 Å². The normalized spacial score (nSPS) is 11.1. The molecular formula is C14H10N4O2S2. The highest BCUT2D eigenvalue weighted by Crippen LogP contribution is 2.18. The van der Waals surface area contributed by atoms with E-state index in [-0.39, 0.29) is 16.2 Å². The van der Waals surface area contributed by atoms with E-state index in [9.17, 15) is 9.90 Å². The number of nitrogens with one attached hydrogen (secondary N) is 1. The first-order valence-corrected chi connectivity index (χ1v) is 7.53. The molecule has 0 spiro atoms. The lowest BCUT2D eigenvalue weighted by Crippen LogP contribution is -2.22. The molecule has 0 saturated heterocycles. The van der Waals surface area contributed by atoms with E-state index in [2.05, 4.69) is 15.3 Å². The third kappa shape index (κ3) is 2.87. The Hall–Kier alpha value is -2.58. The molecule has 6 nitrogen and oxygen atoms in total. The molecule has 2 N–H and O–H groups in total. The van der Waals surface area contributed by atoms with Gasteiger partial charge in [-0.2, -0.15) is 14.9 Å². The van der Waals surface area contributed by atoms with Gasteiger partial charge in [0.15, 0.2) is 5.69 Å². The summed E-state index contributed by atoms with van der Waals surface area (Å²) in [5.74, 6) is 0.121. The molecule has 0 aliphatic rings. The highest BCUT2D eigenvalue weighted by Gasteiger charge is 2.09. The number of rotatable bonds is 3. The van der Waals surface area contributed by atoms with Gasteiger partial charge in [0.25, 0.3) is 0 Å². The first-order valence-electron chi connectivity index (χ1n) is 6.24. The van der Waals surface area contributed by atoms with E-state index in [4.69, 9.17) is 12.2 Å². The first kappa shape index (κ1) is 14.4. The Kier molecular flexibility index (Phi) is 3.94. The van der Waals surface area contributed by atoms with Crippen molar-refractivity contribution in [3.63, 3.8) is 0 Å². The molecule has 2 heterocycles. The zero-order valence-corrected chi connectivity index (χ0v) is 12.8. The molecule has 0 unspecified atom stereocenters. The second-order valence-corrected chi connectivity index (χ2v) is 5.65. The van der Waals surface area contributed by atoms with Crippen LogP contribution in [0.4, 0.5) is 0 Å². The van der Waals surface area contributed by atoms with Crippen LogP contribution in [0.15, 0.2) is 51.7 Å². The Bertz CT molecular complexity index is 942. The molecule has 3 rings (SSSR count). The number of aromatic amines is 1. The summed E-state index contributed by atoms with van der Waals surface area (Å²) in [5.41, 5.74) is 0.509. The largest absolute Gasteiger partial charge is 0.508 e. The van der Waals surface area contributed by atoms with Crippen LogP contribution in [0.5, 0.6) is 5.75 Å². The summed E-state index contributed by atoms with van der Waals surface area (Å²) in [6.07, 6.45) is 1.45. The van der Waals surface area contributed by atoms with Gasteiger partial charge in [0.1, 0.15) is 5.75 Å². The van der Waals surface area contributed by atoms with Gasteiger partial charge >= 0.3 is 5.56 Å². The molecule has 8 heteroatoms. The highest BCUT2D eigenvalue weighted by atomic mass is 32.1. The second-order valence-electron chi connectivity index (χ2n) is 4.31. The van der Waals surface area contributed by atoms with Crippen molar-refractivity contribution in [1.29, 1.82) is 0 Å². The molecule has 0 radical (unpaired) electrons. The van der Waals surface area contributed by atoms with E-state index in [1.165, 1.54) is 23.6 Å². The zero-order valence-electron chi connectivity index (χ0n) is 11.1. The van der Waals surface area contributed by atoms with Gasteiger partial charge < -0.3 is 5.11 Å². The SMILES string of the molecule is O=c1c(-c2cccs2)n[nH]c(=S)n1N=Cc1cccc(O)c1. The minimum absolute atomic E-state index is 0.0988. The monoisotopic (exact) mass is 330 g/mol. The molecule has 0 aliphatic carbocycles. The van der Waals surface area contributed by atoms with Crippen molar-refractivity contribution < 1.29 is 5.11 Å². The van der Waals surface area contributed by atoms with Gasteiger partial charge in [-0.25, -0.2) is 0 Å². The van der Waals surface area contributed by atoms with Crippen LogP contribution in [-0.4, -0.2) is 26.2 Å². The smallest absolute Gasteiger partial charge is 0.302 e. The average molecular weight is 330 g/mol. The fourth-order valence-electron chi connectivity index (χ4n) is 1.80. The van der Waals surface area contributed by atoms with Crippen LogP contribution in [0.1, 0.15) is 5.56 Å². The lowest BCUT2D eigenvalue weighted by Gasteiger charge is -2.01. The zero-order chi connectivity index (χ0) is 15.5. The van der Waals surface area contributed by atoms with E-state index in [1.54, 1.807) is 24.3 Å². The van der Waals surface area contributed by atoms with Gasteiger partial charge in [0.05, 0.1) is 11.1 Å². The predicted molar refractivity (Wildman–Crippen MR) is 88.1 cm³/mol. The van der Waals surface area contributed by atoms with Gasteiger partial charge in [-0.15, -0.1) is 11.3 Å². The number of aromatic hydroxyl groups is 1. The number of phenols is 1. The minimum atomic E-state index is -0.400. The first-order chi connectivity index (χ1) is 10.6. The molecule has 3 aromatic rings. The average Bonchev–Trinajstić information content (AvgIpc) is 3.01. The Morgan fingerprint density at radius 1 is 1.36 bits per heavy atom. The molecular weight excluding hydrogens is 320 g/mol. The van der Waals surface area contributed by atoms with Crippen LogP contribution < -0.4 is 5.56 Å². The Morgan fingerprint density at radius 2 is 2.23 bits per heavy atom. The van der Waals surface area contributed by atoms with E-state index < -0.39 is 5.56 Å². The van der Waals surface area contributed by atoms with Crippen LogP contribution in [-0.2, 0) is 0 Å². The van der Waals surface area contributed by atoms with Crippen LogP contribution in [0.25, 0.3) is 10.6 Å². The number of hydrogen-bond acceptors (Lipinski definition) is 6. The molecule has 0 aliphatic heterocycles. The lowest BCUT2D eigenvalue weighted by molar-refractivity contribution is 0.475. The predicted octanol–water partition coefficient (Wildman–Crippen LogP) is 2.62. The highest BCUT2D eigenvalue weighted by molar-refractivity contribution is 7.71. The van der Waals surface area contributed by atoms with Crippen molar-refractivity contribution in [2.24, 2.45) is 5.10 Å². The summed E-state index contributed by atoms with van der Waals surface area (Å²) in [5, 5.41) is 22.0. The molecule has 0 fully saturated rings. The van der Waals surface area contributed by atoms with E-state index in [0.29, 0.717) is 5.56 Å². The summed E-state index contributed by atoms with van der Waals surface area (Å²) in [6.45, 7) is 0. The van der Waals surface area contributed by atoms with Crippen LogP contribution in [0.3, 0.4) is 0 Å². The molecule has 1 aromatic carbocycles. The van der Waals surface area contributed by atoms with Crippen molar-refractivity contribution in [3.8, 4) is 16.3 Å². The fourth-order valence-corrected chi connectivity index (χ4v) is 2.68. The van der Waals surface area contributed by atoms with E-state index in [0.717, 1.165) is 9.55 Å². The third-order valence-corrected chi connectivity index (χ3v) is 3.94. The number of thiophene rings is 1. The van der Waals surface area contributed by atoms with Gasteiger partial charge in [0.2, 0.25) is 4.77 Å². The third-order valence-electron chi connectivity index (χ3n) is 2.80. The van der Waals surface area contributed by atoms with Gasteiger partial charge in [-0.05, 0) is 41.4 Å². The summed E-state index contributed by atoms with van der Waals surface area (Å²) in [4.78, 5) is 13.2. The standard InChI is InChI=1S/C14H10N4O2S2/c19-10-4-1-3-9(7-10)8-15-18-13(20)12(16-17-14(18)21)11-5-2-6-22-11/h1-8,19H,(H,17,21). The van der Waals surface area contributed by atoms with Crippen molar-refractivity contribution >= 4 is 29.8 Å². The number of aromatic nitrogens is 3. The molecule has 0 amide bonds. The van der Waals surface area contributed by atoms with Crippen LogP contribution >= 0.6 is 23.6 Å². The molecule has 2 aromatic heterocycles. The number of hydrogen-bond donors (Lipinski definition) is 2. The Morgan fingerprint density at radius 3 is 2.95 bits per heavy atom. The number of nitrogens with zero attached hydrogens (tertiary/aromatic N) is 3. The number of benzene rings is 1. The molecule has 22 heavy (non-hydrogen) atoms.